The lowest BCUT2D eigenvalue weighted by Crippen LogP contribution is -2.20. The Morgan fingerprint density at radius 3 is 2.67 bits per heavy atom. The molecule has 0 spiro atoms. The molecule has 0 radical (unpaired) electrons. The number of hydrogen-bond acceptors (Lipinski definition) is 3. The van der Waals surface area contributed by atoms with Gasteiger partial charge in [-0.3, -0.25) is 0 Å². The lowest BCUT2D eigenvalue weighted by atomic mass is 9.96. The van der Waals surface area contributed by atoms with Crippen LogP contribution < -0.4 is 11.1 Å². The standard InChI is InChI=1S/C15H19N3/c1-11-6-3-4-8-13(11)14(17-2)10-12-7-5-9-18-15(12)16/h3-9,14,17H,10H2,1-2H3,(H2,16,18). The second-order valence-corrected chi connectivity index (χ2v) is 4.45. The van der Waals surface area contributed by atoms with Crippen LogP contribution in [0, 0.1) is 6.92 Å². The van der Waals surface area contributed by atoms with Gasteiger partial charge in [0, 0.05) is 12.2 Å². The van der Waals surface area contributed by atoms with E-state index in [1.807, 2.05) is 19.2 Å². The number of aromatic nitrogens is 1. The average Bonchev–Trinajstić information content (AvgIpc) is 2.39. The maximum Gasteiger partial charge on any atom is 0.126 e. The number of nitrogens with two attached hydrogens (primary N) is 1. The summed E-state index contributed by atoms with van der Waals surface area (Å²) in [5.74, 6) is 0.617. The summed E-state index contributed by atoms with van der Waals surface area (Å²) in [4.78, 5) is 4.13. The number of rotatable bonds is 4. The first-order valence-corrected chi connectivity index (χ1v) is 6.14. The van der Waals surface area contributed by atoms with Gasteiger partial charge in [-0.25, -0.2) is 4.98 Å². The number of nitrogens with zero attached hydrogens (tertiary/aromatic N) is 1. The summed E-state index contributed by atoms with van der Waals surface area (Å²) in [6.07, 6.45) is 2.57. The van der Waals surface area contributed by atoms with Crippen LogP contribution >= 0.6 is 0 Å². The molecular formula is C15H19N3. The average molecular weight is 241 g/mol. The highest BCUT2D eigenvalue weighted by atomic mass is 14.9. The van der Waals surface area contributed by atoms with E-state index < -0.39 is 0 Å². The van der Waals surface area contributed by atoms with Gasteiger partial charge < -0.3 is 11.1 Å². The van der Waals surface area contributed by atoms with Crippen molar-refractivity contribution in [2.75, 3.05) is 12.8 Å². The van der Waals surface area contributed by atoms with Gasteiger partial charge >= 0.3 is 0 Å². The molecule has 0 bridgehead atoms. The molecule has 3 N–H and O–H groups in total. The monoisotopic (exact) mass is 241 g/mol. The number of nitrogens with one attached hydrogen (secondary N) is 1. The van der Waals surface area contributed by atoms with Crippen molar-refractivity contribution in [1.29, 1.82) is 0 Å². The highest BCUT2D eigenvalue weighted by molar-refractivity contribution is 5.40. The first-order valence-electron chi connectivity index (χ1n) is 6.14. The zero-order valence-corrected chi connectivity index (χ0v) is 10.9. The Balaban J connectivity index is 2.26. The van der Waals surface area contributed by atoms with Crippen LogP contribution in [-0.2, 0) is 6.42 Å². The minimum Gasteiger partial charge on any atom is -0.383 e. The molecule has 1 atom stereocenters. The number of hydrogen-bond donors (Lipinski definition) is 2. The fourth-order valence-corrected chi connectivity index (χ4v) is 2.19. The van der Waals surface area contributed by atoms with Crippen molar-refractivity contribution in [2.24, 2.45) is 0 Å². The molecule has 3 nitrogen and oxygen atoms in total. The lowest BCUT2D eigenvalue weighted by molar-refractivity contribution is 0.589. The predicted octanol–water partition coefficient (Wildman–Crippen LogP) is 2.48. The molecule has 3 heteroatoms. The normalized spacial score (nSPS) is 12.3. The van der Waals surface area contributed by atoms with E-state index in [2.05, 4.69) is 41.5 Å². The van der Waals surface area contributed by atoms with Gasteiger partial charge in [-0.2, -0.15) is 0 Å². The summed E-state index contributed by atoms with van der Waals surface area (Å²) >= 11 is 0. The van der Waals surface area contributed by atoms with Crippen LogP contribution in [0.2, 0.25) is 0 Å². The first kappa shape index (κ1) is 12.6. The number of nitrogen functional groups attached to an aromatic ring is 1. The zero-order chi connectivity index (χ0) is 13.0. The number of benzene rings is 1. The Labute approximate surface area is 108 Å². The molecule has 94 valence electrons. The number of aryl methyl sites for hydroxylation is 1. The smallest absolute Gasteiger partial charge is 0.126 e. The van der Waals surface area contributed by atoms with Gasteiger partial charge in [0.2, 0.25) is 0 Å². The van der Waals surface area contributed by atoms with E-state index in [9.17, 15) is 0 Å². The maximum absolute atomic E-state index is 5.90. The van der Waals surface area contributed by atoms with Gasteiger partial charge in [0.15, 0.2) is 0 Å². The third-order valence-electron chi connectivity index (χ3n) is 3.26. The molecule has 0 fully saturated rings. The SMILES string of the molecule is CNC(Cc1cccnc1N)c1ccccc1C. The van der Waals surface area contributed by atoms with Gasteiger partial charge in [-0.1, -0.05) is 30.3 Å². The highest BCUT2D eigenvalue weighted by Gasteiger charge is 2.13. The van der Waals surface area contributed by atoms with Crippen LogP contribution in [0.3, 0.4) is 0 Å². The first-order chi connectivity index (χ1) is 8.72. The molecule has 1 aromatic carbocycles. The maximum atomic E-state index is 5.90. The van der Waals surface area contributed by atoms with Crippen LogP contribution in [0.15, 0.2) is 42.6 Å². The van der Waals surface area contributed by atoms with Gasteiger partial charge in [-0.05, 0) is 43.1 Å². The van der Waals surface area contributed by atoms with Crippen LogP contribution in [0.4, 0.5) is 5.82 Å². The molecule has 0 amide bonds. The molecule has 0 aliphatic heterocycles. The molecule has 18 heavy (non-hydrogen) atoms. The van der Waals surface area contributed by atoms with Crippen molar-refractivity contribution in [3.05, 3.63) is 59.3 Å². The quantitative estimate of drug-likeness (QED) is 0.864. The number of likely N-dealkylation sites (N-methyl/N-ethyl adjacent to an activating group) is 1. The van der Waals surface area contributed by atoms with Crippen molar-refractivity contribution in [3.8, 4) is 0 Å². The lowest BCUT2D eigenvalue weighted by Gasteiger charge is -2.19. The molecule has 0 aliphatic carbocycles. The Bertz CT molecular complexity index is 523. The van der Waals surface area contributed by atoms with Gasteiger partial charge in [-0.15, -0.1) is 0 Å². The van der Waals surface area contributed by atoms with Crippen LogP contribution in [0.1, 0.15) is 22.7 Å². The molecule has 0 saturated carbocycles. The molecule has 2 aromatic rings. The van der Waals surface area contributed by atoms with Crippen LogP contribution in [0.25, 0.3) is 0 Å². The molecule has 1 aromatic heterocycles. The van der Waals surface area contributed by atoms with E-state index >= 15 is 0 Å². The van der Waals surface area contributed by atoms with E-state index in [4.69, 9.17) is 5.73 Å². The Morgan fingerprint density at radius 1 is 1.22 bits per heavy atom. The molecular weight excluding hydrogens is 222 g/mol. The van der Waals surface area contributed by atoms with Crippen LogP contribution in [0.5, 0.6) is 0 Å². The Morgan fingerprint density at radius 2 is 2.00 bits per heavy atom. The molecule has 0 aliphatic rings. The van der Waals surface area contributed by atoms with Crippen molar-refractivity contribution in [1.82, 2.24) is 10.3 Å². The summed E-state index contributed by atoms with van der Waals surface area (Å²) in [5.41, 5.74) is 9.58. The highest BCUT2D eigenvalue weighted by Crippen LogP contribution is 2.22. The summed E-state index contributed by atoms with van der Waals surface area (Å²) < 4.78 is 0. The topological polar surface area (TPSA) is 50.9 Å². The predicted molar refractivity (Wildman–Crippen MR) is 75.3 cm³/mol. The third kappa shape index (κ3) is 2.68. The van der Waals surface area contributed by atoms with E-state index in [1.165, 1.54) is 11.1 Å². The third-order valence-corrected chi connectivity index (χ3v) is 3.26. The number of anilines is 1. The van der Waals surface area contributed by atoms with Crippen molar-refractivity contribution in [2.45, 2.75) is 19.4 Å². The Kier molecular flexibility index (Phi) is 3.95. The second-order valence-electron chi connectivity index (χ2n) is 4.45. The molecule has 1 heterocycles. The van der Waals surface area contributed by atoms with E-state index in [1.54, 1.807) is 6.20 Å². The molecule has 0 saturated heterocycles. The van der Waals surface area contributed by atoms with Crippen LogP contribution in [-0.4, -0.2) is 12.0 Å². The summed E-state index contributed by atoms with van der Waals surface area (Å²) in [7, 11) is 1.98. The summed E-state index contributed by atoms with van der Waals surface area (Å²) in [5, 5.41) is 3.35. The zero-order valence-electron chi connectivity index (χ0n) is 10.9. The van der Waals surface area contributed by atoms with E-state index in [0.717, 1.165) is 12.0 Å². The second kappa shape index (κ2) is 5.65. The number of pyridine rings is 1. The Hall–Kier alpha value is -1.87. The van der Waals surface area contributed by atoms with E-state index in [-0.39, 0.29) is 6.04 Å². The summed E-state index contributed by atoms with van der Waals surface area (Å²) in [6.45, 7) is 2.13. The van der Waals surface area contributed by atoms with Gasteiger partial charge in [0.05, 0.1) is 0 Å². The molecule has 1 unspecified atom stereocenters. The van der Waals surface area contributed by atoms with Gasteiger partial charge in [0.1, 0.15) is 5.82 Å². The summed E-state index contributed by atoms with van der Waals surface area (Å²) in [6, 6.07) is 12.6. The fraction of sp³-hybridized carbons (Fsp3) is 0.267. The van der Waals surface area contributed by atoms with Crippen molar-refractivity contribution in [3.63, 3.8) is 0 Å². The minimum absolute atomic E-state index is 0.262. The van der Waals surface area contributed by atoms with E-state index in [0.29, 0.717) is 5.82 Å². The largest absolute Gasteiger partial charge is 0.383 e. The van der Waals surface area contributed by atoms with Gasteiger partial charge in [0.25, 0.3) is 0 Å². The minimum atomic E-state index is 0.262. The van der Waals surface area contributed by atoms with Crippen molar-refractivity contribution < 1.29 is 0 Å². The van der Waals surface area contributed by atoms with Crippen molar-refractivity contribution >= 4 is 5.82 Å². The fourth-order valence-electron chi connectivity index (χ4n) is 2.19. The molecule has 2 rings (SSSR count).